The van der Waals surface area contributed by atoms with E-state index in [2.05, 4.69) is 56.4 Å². The van der Waals surface area contributed by atoms with Crippen LogP contribution in [-0.4, -0.2) is 11.9 Å². The molecule has 0 spiro atoms. The zero-order chi connectivity index (χ0) is 13.4. The minimum atomic E-state index is -1.41. The van der Waals surface area contributed by atoms with Gasteiger partial charge in [0, 0.05) is 5.24 Å². The molecule has 3 heteroatoms. The molecule has 1 atom stereocenters. The Bertz CT molecular complexity index is 401. The highest BCUT2D eigenvalue weighted by Gasteiger charge is 2.21. The van der Waals surface area contributed by atoms with E-state index in [-0.39, 0.29) is 0 Å². The van der Waals surface area contributed by atoms with E-state index >= 15 is 0 Å². The van der Waals surface area contributed by atoms with Crippen LogP contribution >= 0.6 is 16.6 Å². The van der Waals surface area contributed by atoms with Crippen molar-refractivity contribution >= 4 is 33.7 Å². The third-order valence-electron chi connectivity index (χ3n) is 3.09. The summed E-state index contributed by atoms with van der Waals surface area (Å²) in [6, 6.07) is 8.75. The average Bonchev–Trinajstić information content (AvgIpc) is 2.37. The third kappa shape index (κ3) is 4.72. The van der Waals surface area contributed by atoms with E-state index in [1.165, 1.54) is 48.5 Å². The van der Waals surface area contributed by atoms with Crippen LogP contribution in [0.2, 0.25) is 0 Å². The van der Waals surface area contributed by atoms with E-state index in [9.17, 15) is 0 Å². The van der Waals surface area contributed by atoms with Gasteiger partial charge >= 0.3 is 0 Å². The molecule has 0 fully saturated rings. The van der Waals surface area contributed by atoms with Gasteiger partial charge in [-0.25, -0.2) is 0 Å². The van der Waals surface area contributed by atoms with Gasteiger partial charge in [0.1, 0.15) is 0 Å². The highest BCUT2D eigenvalue weighted by atomic mass is 32.9. The Balaban J connectivity index is 2.89. The van der Waals surface area contributed by atoms with Gasteiger partial charge in [-0.3, -0.25) is 0 Å². The van der Waals surface area contributed by atoms with E-state index in [4.69, 9.17) is 11.8 Å². The average molecular weight is 300 g/mol. The number of aryl methyl sites for hydroxylation is 1. The molecule has 0 amide bonds. The van der Waals surface area contributed by atoms with Crippen molar-refractivity contribution in [1.82, 2.24) is 0 Å². The first kappa shape index (κ1) is 16.3. The van der Waals surface area contributed by atoms with E-state index in [0.29, 0.717) is 0 Å². The lowest BCUT2D eigenvalue weighted by molar-refractivity contribution is 0.892. The molecule has 0 aliphatic carbocycles. The SMILES string of the molecule is CCCCSP(=S)(CCCC)c1ccccc1C. The summed E-state index contributed by atoms with van der Waals surface area (Å²) < 4.78 is 0. The molecule has 102 valence electrons. The summed E-state index contributed by atoms with van der Waals surface area (Å²) in [5.74, 6) is 1.23. The molecule has 0 radical (unpaired) electrons. The minimum Gasteiger partial charge on any atom is -0.119 e. The fraction of sp³-hybridized carbons (Fsp3) is 0.600. The lowest BCUT2D eigenvalue weighted by Crippen LogP contribution is -2.09. The van der Waals surface area contributed by atoms with Gasteiger partial charge < -0.3 is 0 Å². The van der Waals surface area contributed by atoms with Crippen LogP contribution in [0.3, 0.4) is 0 Å². The Kier molecular flexibility index (Phi) is 7.60. The van der Waals surface area contributed by atoms with Crippen molar-refractivity contribution in [1.29, 1.82) is 0 Å². The van der Waals surface area contributed by atoms with Gasteiger partial charge in [0.2, 0.25) is 0 Å². The highest BCUT2D eigenvalue weighted by molar-refractivity contribution is 8.73. The topological polar surface area (TPSA) is 0 Å². The van der Waals surface area contributed by atoms with Crippen molar-refractivity contribution in [2.24, 2.45) is 0 Å². The molecular formula is C15H25PS2. The van der Waals surface area contributed by atoms with Crippen molar-refractivity contribution in [3.8, 4) is 0 Å². The van der Waals surface area contributed by atoms with E-state index in [1.807, 2.05) is 0 Å². The lowest BCUT2D eigenvalue weighted by atomic mass is 10.2. The van der Waals surface area contributed by atoms with Gasteiger partial charge in [-0.15, -0.1) is 11.4 Å². The summed E-state index contributed by atoms with van der Waals surface area (Å²) >= 11 is 8.19. The second kappa shape index (κ2) is 8.40. The maximum absolute atomic E-state index is 6.11. The van der Waals surface area contributed by atoms with Crippen LogP contribution in [0.15, 0.2) is 24.3 Å². The Hall–Kier alpha value is 0.220. The summed E-state index contributed by atoms with van der Waals surface area (Å²) in [7, 11) is 0. The molecular weight excluding hydrogens is 275 g/mol. The maximum atomic E-state index is 6.11. The Morgan fingerprint density at radius 1 is 1.11 bits per heavy atom. The van der Waals surface area contributed by atoms with Gasteiger partial charge in [0.25, 0.3) is 0 Å². The fourth-order valence-corrected chi connectivity index (χ4v) is 9.55. The highest BCUT2D eigenvalue weighted by Crippen LogP contribution is 2.59. The molecule has 1 aromatic carbocycles. The van der Waals surface area contributed by atoms with Crippen molar-refractivity contribution in [3.63, 3.8) is 0 Å². The van der Waals surface area contributed by atoms with Crippen molar-refractivity contribution in [2.45, 2.75) is 46.5 Å². The van der Waals surface area contributed by atoms with Crippen LogP contribution in [0.4, 0.5) is 0 Å². The van der Waals surface area contributed by atoms with Crippen molar-refractivity contribution in [3.05, 3.63) is 29.8 Å². The molecule has 0 aromatic heterocycles. The molecule has 0 nitrogen and oxygen atoms in total. The first-order valence-corrected chi connectivity index (χ1v) is 11.5. The zero-order valence-corrected chi connectivity index (χ0v) is 14.3. The van der Waals surface area contributed by atoms with Crippen LogP contribution in [0, 0.1) is 6.92 Å². The van der Waals surface area contributed by atoms with Crippen molar-refractivity contribution < 1.29 is 0 Å². The second-order valence-corrected chi connectivity index (χ2v) is 12.9. The lowest BCUT2D eigenvalue weighted by Gasteiger charge is -2.23. The van der Waals surface area contributed by atoms with Crippen LogP contribution < -0.4 is 5.30 Å². The normalized spacial score (nSPS) is 14.4. The monoisotopic (exact) mass is 300 g/mol. The predicted octanol–water partition coefficient (Wildman–Crippen LogP) is 5.35. The minimum absolute atomic E-state index is 1.22. The molecule has 0 aliphatic heterocycles. The van der Waals surface area contributed by atoms with E-state index in [1.54, 1.807) is 0 Å². The largest absolute Gasteiger partial charge is 0.119 e. The molecule has 1 unspecified atom stereocenters. The molecule has 0 N–H and O–H groups in total. The standard InChI is InChI=1S/C15H25PS2/c1-4-6-12-16(17,18-13-7-5-2)15-11-9-8-10-14(15)3/h8-11H,4-7,12-13H2,1-3H3. The molecule has 0 bridgehead atoms. The maximum Gasteiger partial charge on any atom is 0.0340 e. The van der Waals surface area contributed by atoms with Crippen LogP contribution in [0.1, 0.15) is 45.1 Å². The van der Waals surface area contributed by atoms with E-state index in [0.717, 1.165) is 0 Å². The molecule has 0 saturated carbocycles. The molecule has 1 rings (SSSR count). The molecule has 0 aliphatic rings. The number of benzene rings is 1. The van der Waals surface area contributed by atoms with E-state index < -0.39 is 5.24 Å². The van der Waals surface area contributed by atoms with Gasteiger partial charge in [0.05, 0.1) is 0 Å². The number of rotatable bonds is 8. The predicted molar refractivity (Wildman–Crippen MR) is 92.2 cm³/mol. The first-order chi connectivity index (χ1) is 8.64. The smallest absolute Gasteiger partial charge is 0.0340 e. The molecule has 18 heavy (non-hydrogen) atoms. The summed E-state index contributed by atoms with van der Waals surface area (Å²) in [5, 5.41) is 0.0616. The summed E-state index contributed by atoms with van der Waals surface area (Å²) in [6.45, 7) is 6.72. The summed E-state index contributed by atoms with van der Waals surface area (Å²) in [4.78, 5) is 0. The number of unbranched alkanes of at least 4 members (excludes halogenated alkanes) is 2. The summed E-state index contributed by atoms with van der Waals surface area (Å²) in [5.41, 5.74) is 1.39. The number of hydrogen-bond donors (Lipinski definition) is 0. The summed E-state index contributed by atoms with van der Waals surface area (Å²) in [6.07, 6.45) is 6.30. The van der Waals surface area contributed by atoms with Crippen LogP contribution in [-0.2, 0) is 11.8 Å². The second-order valence-electron chi connectivity index (χ2n) is 4.72. The zero-order valence-electron chi connectivity index (χ0n) is 11.8. The third-order valence-corrected chi connectivity index (χ3v) is 11.1. The van der Waals surface area contributed by atoms with Gasteiger partial charge in [-0.1, -0.05) is 62.8 Å². The first-order valence-electron chi connectivity index (χ1n) is 6.94. The quantitative estimate of drug-likeness (QED) is 0.469. The van der Waals surface area contributed by atoms with Crippen LogP contribution in [0.25, 0.3) is 0 Å². The van der Waals surface area contributed by atoms with Gasteiger partial charge in [0.15, 0.2) is 0 Å². The van der Waals surface area contributed by atoms with Crippen LogP contribution in [0.5, 0.6) is 0 Å². The Labute approximate surface area is 122 Å². The fourth-order valence-electron chi connectivity index (χ4n) is 1.92. The molecule has 0 heterocycles. The Morgan fingerprint density at radius 3 is 2.39 bits per heavy atom. The molecule has 0 saturated heterocycles. The Morgan fingerprint density at radius 2 is 1.78 bits per heavy atom. The van der Waals surface area contributed by atoms with Gasteiger partial charge in [-0.2, -0.15) is 0 Å². The molecule has 1 aromatic rings. The number of hydrogen-bond acceptors (Lipinski definition) is 2. The van der Waals surface area contributed by atoms with Crippen molar-refractivity contribution in [2.75, 3.05) is 11.9 Å². The van der Waals surface area contributed by atoms with Gasteiger partial charge in [-0.05, 0) is 42.5 Å².